The van der Waals surface area contributed by atoms with Crippen LogP contribution in [-0.2, 0) is 0 Å². The molecule has 0 spiro atoms. The van der Waals surface area contributed by atoms with Gasteiger partial charge >= 0.3 is 0 Å². The third kappa shape index (κ3) is 4.78. The molecule has 0 aliphatic carbocycles. The highest BCUT2D eigenvalue weighted by Gasteiger charge is 2.22. The van der Waals surface area contributed by atoms with Crippen molar-refractivity contribution in [3.05, 3.63) is 200 Å². The first-order chi connectivity index (χ1) is 25.3. The van der Waals surface area contributed by atoms with Crippen molar-refractivity contribution < 1.29 is 0 Å². The topological polar surface area (TPSA) is 4.93 Å². The SMILES string of the molecule is c1ccc(-c2cc(-c3ccccc3)cc(-c3c4ccccc4c(-c4cccc5c6ccccc6n(-c6ccccc6)c45)c4ccccc34)c2)cc1. The van der Waals surface area contributed by atoms with Crippen molar-refractivity contribution in [2.75, 3.05) is 0 Å². The minimum atomic E-state index is 1.16. The van der Waals surface area contributed by atoms with E-state index < -0.39 is 0 Å². The second-order valence-corrected chi connectivity index (χ2v) is 13.3. The molecule has 0 radical (unpaired) electrons. The van der Waals surface area contributed by atoms with Gasteiger partial charge in [0.2, 0.25) is 0 Å². The van der Waals surface area contributed by atoms with Crippen molar-refractivity contribution in [1.29, 1.82) is 0 Å². The van der Waals surface area contributed by atoms with Gasteiger partial charge in [-0.3, -0.25) is 0 Å². The lowest BCUT2D eigenvalue weighted by molar-refractivity contribution is 1.18. The van der Waals surface area contributed by atoms with Crippen molar-refractivity contribution in [3.8, 4) is 50.2 Å². The number of benzene rings is 9. The smallest absolute Gasteiger partial charge is 0.0619 e. The summed E-state index contributed by atoms with van der Waals surface area (Å²) in [5.74, 6) is 0. The van der Waals surface area contributed by atoms with Crippen LogP contribution in [0.15, 0.2) is 200 Å². The van der Waals surface area contributed by atoms with Crippen LogP contribution in [0.1, 0.15) is 0 Å². The van der Waals surface area contributed by atoms with Crippen molar-refractivity contribution in [3.63, 3.8) is 0 Å². The molecule has 238 valence electrons. The zero-order valence-electron chi connectivity index (χ0n) is 28.0. The molecule has 0 saturated heterocycles. The van der Waals surface area contributed by atoms with Gasteiger partial charge in [-0.25, -0.2) is 0 Å². The Morgan fingerprint density at radius 2 is 0.706 bits per heavy atom. The van der Waals surface area contributed by atoms with Crippen LogP contribution in [-0.4, -0.2) is 4.57 Å². The van der Waals surface area contributed by atoms with E-state index in [9.17, 15) is 0 Å². The number of hydrogen-bond acceptors (Lipinski definition) is 0. The Kier molecular flexibility index (Phi) is 6.89. The van der Waals surface area contributed by atoms with Crippen molar-refractivity contribution in [2.24, 2.45) is 0 Å². The van der Waals surface area contributed by atoms with E-state index in [4.69, 9.17) is 0 Å². The van der Waals surface area contributed by atoms with E-state index >= 15 is 0 Å². The number of rotatable bonds is 5. The van der Waals surface area contributed by atoms with Crippen LogP contribution < -0.4 is 0 Å². The molecule has 0 fully saturated rings. The number of hydrogen-bond donors (Lipinski definition) is 0. The molecule has 10 rings (SSSR count). The molecular weight excluding hydrogens is 615 g/mol. The highest BCUT2D eigenvalue weighted by atomic mass is 15.0. The molecule has 0 amide bonds. The van der Waals surface area contributed by atoms with Crippen LogP contribution in [0.25, 0.3) is 93.5 Å². The van der Waals surface area contributed by atoms with Crippen LogP contribution in [0.3, 0.4) is 0 Å². The van der Waals surface area contributed by atoms with Gasteiger partial charge in [0.25, 0.3) is 0 Å². The maximum Gasteiger partial charge on any atom is 0.0619 e. The van der Waals surface area contributed by atoms with Crippen LogP contribution in [0, 0.1) is 0 Å². The molecule has 9 aromatic carbocycles. The maximum atomic E-state index is 2.45. The molecule has 0 aliphatic heterocycles. The van der Waals surface area contributed by atoms with Gasteiger partial charge in [-0.05, 0) is 96.9 Å². The fraction of sp³-hybridized carbons (Fsp3) is 0. The van der Waals surface area contributed by atoms with E-state index in [-0.39, 0.29) is 0 Å². The Balaban J connectivity index is 1.33. The van der Waals surface area contributed by atoms with Crippen molar-refractivity contribution in [2.45, 2.75) is 0 Å². The second kappa shape index (κ2) is 12.0. The van der Waals surface area contributed by atoms with Gasteiger partial charge in [0.1, 0.15) is 0 Å². The van der Waals surface area contributed by atoms with Crippen molar-refractivity contribution in [1.82, 2.24) is 4.57 Å². The first-order valence-electron chi connectivity index (χ1n) is 17.6. The van der Waals surface area contributed by atoms with E-state index in [1.807, 2.05) is 0 Å². The first-order valence-corrected chi connectivity index (χ1v) is 17.6. The summed E-state index contributed by atoms with van der Waals surface area (Å²) in [6.07, 6.45) is 0. The van der Waals surface area contributed by atoms with Crippen LogP contribution in [0.2, 0.25) is 0 Å². The molecule has 0 unspecified atom stereocenters. The minimum absolute atomic E-state index is 1.16. The predicted molar refractivity (Wildman–Crippen MR) is 218 cm³/mol. The summed E-state index contributed by atoms with van der Waals surface area (Å²) in [5.41, 5.74) is 13.4. The number of nitrogens with zero attached hydrogens (tertiary/aromatic N) is 1. The van der Waals surface area contributed by atoms with Gasteiger partial charge in [0.05, 0.1) is 11.0 Å². The normalized spacial score (nSPS) is 11.5. The lowest BCUT2D eigenvalue weighted by Gasteiger charge is -2.20. The Labute approximate surface area is 297 Å². The summed E-state index contributed by atoms with van der Waals surface area (Å²) in [5, 5.41) is 7.50. The number of para-hydroxylation sites is 3. The number of fused-ring (bicyclic) bond motifs is 5. The fourth-order valence-corrected chi connectivity index (χ4v) is 8.16. The van der Waals surface area contributed by atoms with E-state index in [2.05, 4.69) is 205 Å². The third-order valence-electron chi connectivity index (χ3n) is 10.3. The molecule has 1 nitrogen and oxygen atoms in total. The summed E-state index contributed by atoms with van der Waals surface area (Å²) < 4.78 is 2.45. The zero-order chi connectivity index (χ0) is 33.7. The quantitative estimate of drug-likeness (QED) is 0.164. The molecule has 1 heterocycles. The Morgan fingerprint density at radius 1 is 0.275 bits per heavy atom. The predicted octanol–water partition coefficient (Wildman–Crippen LogP) is 13.8. The molecule has 1 aromatic heterocycles. The minimum Gasteiger partial charge on any atom is -0.309 e. The third-order valence-corrected chi connectivity index (χ3v) is 10.3. The monoisotopic (exact) mass is 647 g/mol. The van der Waals surface area contributed by atoms with E-state index in [1.165, 1.54) is 87.9 Å². The Bertz CT molecular complexity index is 2770. The number of aromatic nitrogens is 1. The van der Waals surface area contributed by atoms with E-state index in [1.54, 1.807) is 0 Å². The summed E-state index contributed by atoms with van der Waals surface area (Å²) in [6.45, 7) is 0. The molecule has 0 aliphatic rings. The van der Waals surface area contributed by atoms with Crippen LogP contribution >= 0.6 is 0 Å². The Morgan fingerprint density at radius 3 is 1.27 bits per heavy atom. The Hall–Kier alpha value is -6.70. The van der Waals surface area contributed by atoms with E-state index in [0.717, 1.165) is 5.69 Å². The van der Waals surface area contributed by atoms with Gasteiger partial charge in [0, 0.05) is 22.0 Å². The lowest BCUT2D eigenvalue weighted by Crippen LogP contribution is -1.97. The maximum absolute atomic E-state index is 2.45. The zero-order valence-corrected chi connectivity index (χ0v) is 28.0. The standard InChI is InChI=1S/C50H33N/c1-4-17-34(18-5-1)36-31-37(35-19-6-2-7-20-35)33-38(32-36)48-41-24-10-12-26-43(41)49(44-27-13-11-25-42(44)48)46-29-16-28-45-40-23-14-15-30-47(40)51(50(45)46)39-21-8-3-9-22-39/h1-33H. The van der Waals surface area contributed by atoms with Crippen LogP contribution in [0.5, 0.6) is 0 Å². The summed E-state index contributed by atoms with van der Waals surface area (Å²) in [4.78, 5) is 0. The molecule has 0 saturated carbocycles. The molecule has 51 heavy (non-hydrogen) atoms. The molecule has 0 N–H and O–H groups in total. The highest BCUT2D eigenvalue weighted by molar-refractivity contribution is 6.25. The molecule has 1 heteroatoms. The molecule has 10 aromatic rings. The van der Waals surface area contributed by atoms with E-state index in [0.29, 0.717) is 0 Å². The lowest BCUT2D eigenvalue weighted by atomic mass is 9.84. The van der Waals surface area contributed by atoms with Gasteiger partial charge in [0.15, 0.2) is 0 Å². The molecule has 0 bridgehead atoms. The summed E-state index contributed by atoms with van der Waals surface area (Å²) in [7, 11) is 0. The van der Waals surface area contributed by atoms with Gasteiger partial charge < -0.3 is 4.57 Å². The molecular formula is C50H33N. The van der Waals surface area contributed by atoms with Crippen molar-refractivity contribution >= 4 is 43.4 Å². The van der Waals surface area contributed by atoms with Gasteiger partial charge in [-0.2, -0.15) is 0 Å². The second-order valence-electron chi connectivity index (χ2n) is 13.3. The summed E-state index contributed by atoms with van der Waals surface area (Å²) in [6, 6.07) is 73.0. The average molecular weight is 648 g/mol. The van der Waals surface area contributed by atoms with Gasteiger partial charge in [-0.1, -0.05) is 164 Å². The highest BCUT2D eigenvalue weighted by Crippen LogP contribution is 2.48. The fourth-order valence-electron chi connectivity index (χ4n) is 8.16. The largest absolute Gasteiger partial charge is 0.309 e. The first kappa shape index (κ1) is 29.2. The van der Waals surface area contributed by atoms with Gasteiger partial charge in [-0.15, -0.1) is 0 Å². The van der Waals surface area contributed by atoms with Crippen LogP contribution in [0.4, 0.5) is 0 Å². The average Bonchev–Trinajstić information content (AvgIpc) is 3.55. The summed E-state index contributed by atoms with van der Waals surface area (Å²) >= 11 is 0. The molecule has 0 atom stereocenters.